The zero-order chi connectivity index (χ0) is 25.1. The molecule has 0 radical (unpaired) electrons. The predicted octanol–water partition coefficient (Wildman–Crippen LogP) is 7.02. The summed E-state index contributed by atoms with van der Waals surface area (Å²) in [5, 5.41) is 6.66. The van der Waals surface area contributed by atoms with Gasteiger partial charge in [-0.2, -0.15) is 0 Å². The van der Waals surface area contributed by atoms with Crippen LogP contribution >= 0.6 is 0 Å². The van der Waals surface area contributed by atoms with Gasteiger partial charge in [-0.1, -0.05) is 59.7 Å². The maximum absolute atomic E-state index is 13.4. The SMILES string of the molecule is Cc1ccc(-c2cc(C(=O)Nc3ccc(NC(=O)c4ccccc4)cc3)c3cc(C)ccc3n2)cc1. The first-order valence-corrected chi connectivity index (χ1v) is 11.7. The van der Waals surface area contributed by atoms with Crippen LogP contribution in [0.3, 0.4) is 0 Å². The lowest BCUT2D eigenvalue weighted by atomic mass is 10.0. The number of anilines is 2. The molecule has 5 aromatic rings. The van der Waals surface area contributed by atoms with E-state index in [2.05, 4.69) is 10.6 Å². The Morgan fingerprint density at radius 2 is 1.25 bits per heavy atom. The van der Waals surface area contributed by atoms with Crippen LogP contribution in [0.5, 0.6) is 0 Å². The van der Waals surface area contributed by atoms with Gasteiger partial charge < -0.3 is 10.6 Å². The van der Waals surface area contributed by atoms with Gasteiger partial charge in [0.1, 0.15) is 0 Å². The summed E-state index contributed by atoms with van der Waals surface area (Å²) in [4.78, 5) is 30.6. The molecular weight excluding hydrogens is 446 g/mol. The third-order valence-corrected chi connectivity index (χ3v) is 5.99. The number of carbonyl (C=O) groups is 2. The van der Waals surface area contributed by atoms with Crippen molar-refractivity contribution < 1.29 is 9.59 Å². The number of amides is 2. The van der Waals surface area contributed by atoms with Gasteiger partial charge in [0.25, 0.3) is 11.8 Å². The van der Waals surface area contributed by atoms with Crippen LogP contribution in [-0.2, 0) is 0 Å². The molecular formula is C31H25N3O2. The van der Waals surface area contributed by atoms with Gasteiger partial charge in [0.05, 0.1) is 16.8 Å². The Labute approximate surface area is 209 Å². The first-order valence-electron chi connectivity index (χ1n) is 11.7. The van der Waals surface area contributed by atoms with E-state index in [1.165, 1.54) is 0 Å². The molecule has 0 saturated heterocycles. The minimum absolute atomic E-state index is 0.186. The molecule has 5 nitrogen and oxygen atoms in total. The Morgan fingerprint density at radius 1 is 0.639 bits per heavy atom. The predicted molar refractivity (Wildman–Crippen MR) is 145 cm³/mol. The average Bonchev–Trinajstić information content (AvgIpc) is 2.90. The normalized spacial score (nSPS) is 10.7. The largest absolute Gasteiger partial charge is 0.322 e. The van der Waals surface area contributed by atoms with Crippen molar-refractivity contribution in [3.63, 3.8) is 0 Å². The van der Waals surface area contributed by atoms with Crippen LogP contribution in [0.15, 0.2) is 103 Å². The Morgan fingerprint density at radius 3 is 1.92 bits per heavy atom. The molecule has 176 valence electrons. The molecule has 0 spiro atoms. The summed E-state index contributed by atoms with van der Waals surface area (Å²) in [6, 6.07) is 32.0. The van der Waals surface area contributed by atoms with E-state index in [0.29, 0.717) is 22.5 Å². The second kappa shape index (κ2) is 9.84. The number of aryl methyl sites for hydroxylation is 2. The second-order valence-corrected chi connectivity index (χ2v) is 8.79. The first kappa shape index (κ1) is 23.0. The summed E-state index contributed by atoms with van der Waals surface area (Å²) in [7, 11) is 0. The van der Waals surface area contributed by atoms with E-state index < -0.39 is 0 Å². The van der Waals surface area contributed by atoms with Gasteiger partial charge in [-0.3, -0.25) is 9.59 Å². The van der Waals surface area contributed by atoms with E-state index in [-0.39, 0.29) is 11.8 Å². The highest BCUT2D eigenvalue weighted by atomic mass is 16.2. The number of pyridine rings is 1. The fourth-order valence-corrected chi connectivity index (χ4v) is 4.03. The van der Waals surface area contributed by atoms with Gasteiger partial charge in [-0.05, 0) is 68.4 Å². The molecule has 2 amide bonds. The molecule has 2 N–H and O–H groups in total. The molecule has 0 aliphatic carbocycles. The molecule has 5 rings (SSSR count). The van der Waals surface area contributed by atoms with Crippen molar-refractivity contribution in [3.05, 3.63) is 125 Å². The Kier molecular flexibility index (Phi) is 6.29. The van der Waals surface area contributed by atoms with Crippen molar-refractivity contribution in [3.8, 4) is 11.3 Å². The molecule has 1 aromatic heterocycles. The van der Waals surface area contributed by atoms with E-state index in [0.717, 1.165) is 33.3 Å². The first-order chi connectivity index (χ1) is 17.5. The van der Waals surface area contributed by atoms with Crippen molar-refractivity contribution in [2.24, 2.45) is 0 Å². The van der Waals surface area contributed by atoms with Gasteiger partial charge >= 0.3 is 0 Å². The fourth-order valence-electron chi connectivity index (χ4n) is 4.03. The Balaban J connectivity index is 1.41. The van der Waals surface area contributed by atoms with Crippen molar-refractivity contribution in [2.75, 3.05) is 10.6 Å². The summed E-state index contributed by atoms with van der Waals surface area (Å²) < 4.78 is 0. The zero-order valence-electron chi connectivity index (χ0n) is 20.1. The highest BCUT2D eigenvalue weighted by Gasteiger charge is 2.15. The summed E-state index contributed by atoms with van der Waals surface area (Å²) in [5.74, 6) is -0.405. The van der Waals surface area contributed by atoms with E-state index in [1.807, 2.05) is 80.6 Å². The van der Waals surface area contributed by atoms with Gasteiger partial charge in [-0.15, -0.1) is 0 Å². The number of carbonyl (C=O) groups excluding carboxylic acids is 2. The lowest BCUT2D eigenvalue weighted by Crippen LogP contribution is -2.14. The van der Waals surface area contributed by atoms with Crippen molar-refractivity contribution in [2.45, 2.75) is 13.8 Å². The molecule has 1 heterocycles. The highest BCUT2D eigenvalue weighted by Crippen LogP contribution is 2.27. The highest BCUT2D eigenvalue weighted by molar-refractivity contribution is 6.13. The Hall–Kier alpha value is -4.77. The lowest BCUT2D eigenvalue weighted by molar-refractivity contribution is 0.101. The number of aromatic nitrogens is 1. The van der Waals surface area contributed by atoms with E-state index >= 15 is 0 Å². The standard InChI is InChI=1S/C31H25N3O2/c1-20-8-11-22(12-9-20)29-19-27(26-18-21(2)10-17-28(26)34-29)31(36)33-25-15-13-24(14-16-25)32-30(35)23-6-4-3-5-7-23/h3-19H,1-2H3,(H,32,35)(H,33,36). The fraction of sp³-hybridized carbons (Fsp3) is 0.0645. The second-order valence-electron chi connectivity index (χ2n) is 8.79. The van der Waals surface area contributed by atoms with Crippen LogP contribution in [0.4, 0.5) is 11.4 Å². The number of hydrogen-bond acceptors (Lipinski definition) is 3. The van der Waals surface area contributed by atoms with Crippen molar-refractivity contribution >= 4 is 34.1 Å². The summed E-state index contributed by atoms with van der Waals surface area (Å²) in [6.45, 7) is 4.04. The quantitative estimate of drug-likeness (QED) is 0.289. The minimum Gasteiger partial charge on any atom is -0.322 e. The topological polar surface area (TPSA) is 71.1 Å². The molecule has 5 heteroatoms. The number of rotatable bonds is 5. The number of hydrogen-bond donors (Lipinski definition) is 2. The third kappa shape index (κ3) is 5.00. The van der Waals surface area contributed by atoms with Crippen LogP contribution in [0.2, 0.25) is 0 Å². The number of benzene rings is 4. The number of nitrogens with one attached hydrogen (secondary N) is 2. The maximum Gasteiger partial charge on any atom is 0.256 e. The molecule has 0 fully saturated rings. The molecule has 4 aromatic carbocycles. The van der Waals surface area contributed by atoms with Gasteiger partial charge in [0.15, 0.2) is 0 Å². The average molecular weight is 472 g/mol. The zero-order valence-corrected chi connectivity index (χ0v) is 20.1. The molecule has 0 saturated carbocycles. The number of nitrogens with zero attached hydrogens (tertiary/aromatic N) is 1. The third-order valence-electron chi connectivity index (χ3n) is 5.99. The van der Waals surface area contributed by atoms with Gasteiger partial charge in [0.2, 0.25) is 0 Å². The summed E-state index contributed by atoms with van der Waals surface area (Å²) in [5.41, 5.74) is 7.10. The molecule has 0 aliphatic heterocycles. The monoisotopic (exact) mass is 471 g/mol. The van der Waals surface area contributed by atoms with Gasteiger partial charge in [0, 0.05) is 27.9 Å². The van der Waals surface area contributed by atoms with E-state index in [1.54, 1.807) is 36.4 Å². The molecule has 36 heavy (non-hydrogen) atoms. The van der Waals surface area contributed by atoms with Crippen LogP contribution in [0.1, 0.15) is 31.8 Å². The molecule has 0 bridgehead atoms. The van der Waals surface area contributed by atoms with E-state index in [4.69, 9.17) is 4.98 Å². The summed E-state index contributed by atoms with van der Waals surface area (Å²) in [6.07, 6.45) is 0. The molecule has 0 atom stereocenters. The smallest absolute Gasteiger partial charge is 0.256 e. The van der Waals surface area contributed by atoms with Crippen molar-refractivity contribution in [1.29, 1.82) is 0 Å². The lowest BCUT2D eigenvalue weighted by Gasteiger charge is -2.12. The Bertz CT molecular complexity index is 1560. The van der Waals surface area contributed by atoms with Crippen LogP contribution < -0.4 is 10.6 Å². The molecule has 0 aliphatic rings. The maximum atomic E-state index is 13.4. The minimum atomic E-state index is -0.220. The van der Waals surface area contributed by atoms with Crippen molar-refractivity contribution in [1.82, 2.24) is 4.98 Å². The van der Waals surface area contributed by atoms with Crippen LogP contribution in [0, 0.1) is 13.8 Å². The van der Waals surface area contributed by atoms with Crippen LogP contribution in [0.25, 0.3) is 22.2 Å². The number of fused-ring (bicyclic) bond motifs is 1. The van der Waals surface area contributed by atoms with Crippen LogP contribution in [-0.4, -0.2) is 16.8 Å². The molecule has 0 unspecified atom stereocenters. The summed E-state index contributed by atoms with van der Waals surface area (Å²) >= 11 is 0. The van der Waals surface area contributed by atoms with Gasteiger partial charge in [-0.25, -0.2) is 4.98 Å². The van der Waals surface area contributed by atoms with E-state index in [9.17, 15) is 9.59 Å².